The third-order valence-corrected chi connectivity index (χ3v) is 3.21. The van der Waals surface area contributed by atoms with Gasteiger partial charge in [0.1, 0.15) is 5.69 Å². The number of nitrogens with zero attached hydrogens (tertiary/aromatic N) is 3. The Morgan fingerprint density at radius 2 is 2.30 bits per heavy atom. The van der Waals surface area contributed by atoms with Gasteiger partial charge in [0.25, 0.3) is 5.91 Å². The number of carbonyl (C=O) groups is 2. The third kappa shape index (κ3) is 3.41. The molecule has 0 fully saturated rings. The molecular weight excluding hydrogens is 280 g/mol. The lowest BCUT2D eigenvalue weighted by atomic mass is 10.4. The topological polar surface area (TPSA) is 86.1 Å². The molecule has 0 atom stereocenters. The van der Waals surface area contributed by atoms with Gasteiger partial charge in [0.05, 0.1) is 18.8 Å². The van der Waals surface area contributed by atoms with E-state index in [9.17, 15) is 9.59 Å². The van der Waals surface area contributed by atoms with Crippen molar-refractivity contribution in [1.29, 1.82) is 0 Å². The van der Waals surface area contributed by atoms with Crippen molar-refractivity contribution < 1.29 is 14.3 Å². The van der Waals surface area contributed by atoms with Crippen LogP contribution in [0.15, 0.2) is 17.6 Å². The minimum Gasteiger partial charge on any atom is -0.461 e. The van der Waals surface area contributed by atoms with Crippen LogP contribution in [0.25, 0.3) is 0 Å². The van der Waals surface area contributed by atoms with Gasteiger partial charge < -0.3 is 10.1 Å². The highest BCUT2D eigenvalue weighted by atomic mass is 32.1. The molecule has 1 N–H and O–H groups in total. The first-order valence-corrected chi connectivity index (χ1v) is 6.87. The maximum Gasteiger partial charge on any atom is 0.367 e. The summed E-state index contributed by atoms with van der Waals surface area (Å²) in [4.78, 5) is 27.3. The Hall–Kier alpha value is -2.22. The number of thiazole rings is 1. The molecular formula is C12H14N4O3S. The van der Waals surface area contributed by atoms with Crippen LogP contribution in [0.3, 0.4) is 0 Å². The summed E-state index contributed by atoms with van der Waals surface area (Å²) in [6.45, 7) is 2.30. The zero-order valence-electron chi connectivity index (χ0n) is 11.1. The van der Waals surface area contributed by atoms with E-state index in [1.54, 1.807) is 24.9 Å². The monoisotopic (exact) mass is 294 g/mol. The number of hydrogen-bond acceptors (Lipinski definition) is 6. The van der Waals surface area contributed by atoms with Crippen LogP contribution in [0.2, 0.25) is 0 Å². The second kappa shape index (κ2) is 6.29. The van der Waals surface area contributed by atoms with Crippen LogP contribution in [-0.4, -0.2) is 33.2 Å². The SMILES string of the molecule is CCOC(=O)c1nc(C(=O)NCc2ccn(C)n2)cs1. The van der Waals surface area contributed by atoms with E-state index in [1.807, 2.05) is 6.07 Å². The van der Waals surface area contributed by atoms with Crippen molar-refractivity contribution in [1.82, 2.24) is 20.1 Å². The van der Waals surface area contributed by atoms with E-state index in [1.165, 1.54) is 5.38 Å². The zero-order valence-corrected chi connectivity index (χ0v) is 11.9. The van der Waals surface area contributed by atoms with E-state index >= 15 is 0 Å². The largest absolute Gasteiger partial charge is 0.461 e. The number of hydrogen-bond donors (Lipinski definition) is 1. The van der Waals surface area contributed by atoms with Crippen molar-refractivity contribution in [3.8, 4) is 0 Å². The van der Waals surface area contributed by atoms with Crippen LogP contribution in [0.1, 0.15) is 32.9 Å². The molecule has 0 aromatic carbocycles. The second-order valence-corrected chi connectivity index (χ2v) is 4.78. The van der Waals surface area contributed by atoms with Crippen molar-refractivity contribution in [2.75, 3.05) is 6.61 Å². The number of rotatable bonds is 5. The van der Waals surface area contributed by atoms with Crippen molar-refractivity contribution in [2.45, 2.75) is 13.5 Å². The van der Waals surface area contributed by atoms with Crippen molar-refractivity contribution in [3.63, 3.8) is 0 Å². The highest BCUT2D eigenvalue weighted by Gasteiger charge is 2.16. The lowest BCUT2D eigenvalue weighted by Gasteiger charge is -2.00. The number of ether oxygens (including phenoxy) is 1. The Morgan fingerprint density at radius 1 is 1.50 bits per heavy atom. The fourth-order valence-electron chi connectivity index (χ4n) is 1.48. The Balaban J connectivity index is 1.94. The molecule has 7 nitrogen and oxygen atoms in total. The Morgan fingerprint density at radius 3 is 2.95 bits per heavy atom. The van der Waals surface area contributed by atoms with E-state index in [4.69, 9.17) is 4.74 Å². The quantitative estimate of drug-likeness (QED) is 0.831. The first-order chi connectivity index (χ1) is 9.60. The lowest BCUT2D eigenvalue weighted by Crippen LogP contribution is -2.23. The Bertz CT molecular complexity index is 620. The third-order valence-electron chi connectivity index (χ3n) is 2.39. The standard InChI is InChI=1S/C12H14N4O3S/c1-3-19-12(18)11-14-9(7-20-11)10(17)13-6-8-4-5-16(2)15-8/h4-5,7H,3,6H2,1-2H3,(H,13,17). The number of esters is 1. The van der Waals surface area contributed by atoms with Crippen LogP contribution in [-0.2, 0) is 18.3 Å². The first kappa shape index (κ1) is 14.2. The molecule has 2 aromatic rings. The highest BCUT2D eigenvalue weighted by Crippen LogP contribution is 2.11. The molecule has 0 bridgehead atoms. The van der Waals surface area contributed by atoms with Crippen LogP contribution >= 0.6 is 11.3 Å². The number of nitrogens with one attached hydrogen (secondary N) is 1. The molecule has 0 aliphatic rings. The van der Waals surface area contributed by atoms with Crippen LogP contribution in [0, 0.1) is 0 Å². The molecule has 0 aliphatic carbocycles. The summed E-state index contributed by atoms with van der Waals surface area (Å²) in [7, 11) is 1.80. The minimum absolute atomic E-state index is 0.176. The summed E-state index contributed by atoms with van der Waals surface area (Å²) >= 11 is 1.09. The average Bonchev–Trinajstić information content (AvgIpc) is 3.05. The van der Waals surface area contributed by atoms with E-state index in [-0.39, 0.29) is 23.2 Å². The van der Waals surface area contributed by atoms with Gasteiger partial charge in [0.2, 0.25) is 5.01 Å². The smallest absolute Gasteiger partial charge is 0.367 e. The summed E-state index contributed by atoms with van der Waals surface area (Å²) in [5.74, 6) is -0.858. The van der Waals surface area contributed by atoms with Crippen LogP contribution in [0.5, 0.6) is 0 Å². The average molecular weight is 294 g/mol. The maximum absolute atomic E-state index is 11.9. The van der Waals surface area contributed by atoms with Gasteiger partial charge in [-0.15, -0.1) is 11.3 Å². The predicted molar refractivity (Wildman–Crippen MR) is 72.4 cm³/mol. The molecule has 106 valence electrons. The van der Waals surface area contributed by atoms with Gasteiger partial charge in [-0.05, 0) is 13.0 Å². The van der Waals surface area contributed by atoms with Crippen molar-refractivity contribution in [3.05, 3.63) is 34.0 Å². The van der Waals surface area contributed by atoms with E-state index < -0.39 is 5.97 Å². The Kier molecular flexibility index (Phi) is 4.46. The number of aromatic nitrogens is 3. The Labute approximate surface area is 119 Å². The van der Waals surface area contributed by atoms with E-state index in [2.05, 4.69) is 15.4 Å². The van der Waals surface area contributed by atoms with Crippen LogP contribution in [0.4, 0.5) is 0 Å². The van der Waals surface area contributed by atoms with Crippen molar-refractivity contribution in [2.24, 2.45) is 7.05 Å². The molecule has 0 spiro atoms. The number of amides is 1. The van der Waals surface area contributed by atoms with E-state index in [0.717, 1.165) is 17.0 Å². The summed E-state index contributed by atoms with van der Waals surface area (Å²) in [6, 6.07) is 1.81. The normalized spacial score (nSPS) is 10.3. The minimum atomic E-state index is -0.513. The maximum atomic E-state index is 11.9. The van der Waals surface area contributed by atoms with Gasteiger partial charge in [-0.1, -0.05) is 0 Å². The molecule has 8 heteroatoms. The molecule has 0 aliphatic heterocycles. The summed E-state index contributed by atoms with van der Waals surface area (Å²) in [5, 5.41) is 8.54. The van der Waals surface area contributed by atoms with Gasteiger partial charge in [-0.2, -0.15) is 5.10 Å². The summed E-state index contributed by atoms with van der Waals surface area (Å²) in [6.07, 6.45) is 1.79. The molecule has 0 saturated carbocycles. The fraction of sp³-hybridized carbons (Fsp3) is 0.333. The molecule has 2 heterocycles. The van der Waals surface area contributed by atoms with Gasteiger partial charge in [0.15, 0.2) is 0 Å². The lowest BCUT2D eigenvalue weighted by molar-refractivity contribution is 0.0526. The molecule has 2 aromatic heterocycles. The predicted octanol–water partition coefficient (Wildman–Crippen LogP) is 0.983. The molecule has 20 heavy (non-hydrogen) atoms. The van der Waals surface area contributed by atoms with Gasteiger partial charge in [-0.25, -0.2) is 9.78 Å². The van der Waals surface area contributed by atoms with Gasteiger partial charge in [0, 0.05) is 18.6 Å². The second-order valence-electron chi connectivity index (χ2n) is 3.92. The van der Waals surface area contributed by atoms with Crippen molar-refractivity contribution >= 4 is 23.2 Å². The number of carbonyl (C=O) groups excluding carboxylic acids is 2. The molecule has 1 amide bonds. The molecule has 0 unspecified atom stereocenters. The summed E-state index contributed by atoms with van der Waals surface area (Å²) < 4.78 is 6.47. The molecule has 0 saturated heterocycles. The fourth-order valence-corrected chi connectivity index (χ4v) is 2.17. The zero-order chi connectivity index (χ0) is 14.5. The number of aryl methyl sites for hydroxylation is 1. The summed E-state index contributed by atoms with van der Waals surface area (Å²) in [5.41, 5.74) is 0.954. The highest BCUT2D eigenvalue weighted by molar-refractivity contribution is 7.11. The molecule has 2 rings (SSSR count). The van der Waals surface area contributed by atoms with Crippen LogP contribution < -0.4 is 5.32 Å². The molecule has 0 radical (unpaired) electrons. The van der Waals surface area contributed by atoms with Gasteiger partial charge in [-0.3, -0.25) is 9.48 Å². The first-order valence-electron chi connectivity index (χ1n) is 5.99. The van der Waals surface area contributed by atoms with Gasteiger partial charge >= 0.3 is 5.97 Å². The van der Waals surface area contributed by atoms with E-state index in [0.29, 0.717) is 6.54 Å².